The molecule has 2 nitrogen and oxygen atoms in total. The van der Waals surface area contributed by atoms with Gasteiger partial charge >= 0.3 is 0 Å². The van der Waals surface area contributed by atoms with E-state index in [0.717, 1.165) is 17.7 Å². The van der Waals surface area contributed by atoms with Gasteiger partial charge in [-0.25, -0.2) is 0 Å². The predicted octanol–water partition coefficient (Wildman–Crippen LogP) is 2.89. The van der Waals surface area contributed by atoms with Gasteiger partial charge in [0.25, 0.3) is 0 Å². The Balaban J connectivity index is 3.21. The van der Waals surface area contributed by atoms with Crippen LogP contribution in [0.5, 0.6) is 0 Å². The van der Waals surface area contributed by atoms with Crippen molar-refractivity contribution in [2.45, 2.75) is 13.3 Å². The summed E-state index contributed by atoms with van der Waals surface area (Å²) in [5, 5.41) is 0.374. The van der Waals surface area contributed by atoms with Crippen molar-refractivity contribution in [1.82, 2.24) is 0 Å². The molecule has 0 saturated heterocycles. The smallest absolute Gasteiger partial charge is 0.175 e. The van der Waals surface area contributed by atoms with Gasteiger partial charge < -0.3 is 4.90 Å². The first-order chi connectivity index (χ1) is 7.10. The normalized spacial score (nSPS) is 10.1. The third-order valence-electron chi connectivity index (χ3n) is 2.37. The van der Waals surface area contributed by atoms with Crippen LogP contribution in [-0.2, 0) is 6.42 Å². The molecule has 1 aromatic rings. The molecule has 0 unspecified atom stereocenters. The summed E-state index contributed by atoms with van der Waals surface area (Å²) in [6.07, 6.45) is 0.990. The fourth-order valence-corrected chi connectivity index (χ4v) is 1.78. The average Bonchev–Trinajstić information content (AvgIpc) is 2.27. The highest BCUT2D eigenvalue weighted by atomic mass is 79.9. The van der Waals surface area contributed by atoms with Crippen molar-refractivity contribution >= 4 is 27.4 Å². The highest BCUT2D eigenvalue weighted by molar-refractivity contribution is 9.09. The van der Waals surface area contributed by atoms with Crippen molar-refractivity contribution < 1.29 is 4.79 Å². The van der Waals surface area contributed by atoms with Crippen LogP contribution in [0.4, 0.5) is 5.69 Å². The number of anilines is 1. The standard InChI is InChI=1S/C12H16BrNO/c1-4-9-5-6-10(12(15)8-13)11(7-9)14(2)3/h5-7H,4,8H2,1-3H3. The molecule has 0 aliphatic heterocycles. The van der Waals surface area contributed by atoms with E-state index in [1.54, 1.807) is 0 Å². The van der Waals surface area contributed by atoms with E-state index in [1.165, 1.54) is 5.56 Å². The van der Waals surface area contributed by atoms with E-state index in [2.05, 4.69) is 28.9 Å². The molecule has 0 aromatic heterocycles. The molecule has 0 aliphatic carbocycles. The van der Waals surface area contributed by atoms with Crippen LogP contribution in [0.3, 0.4) is 0 Å². The van der Waals surface area contributed by atoms with Crippen LogP contribution in [0.15, 0.2) is 18.2 Å². The molecule has 1 aromatic carbocycles. The molecule has 0 radical (unpaired) electrons. The van der Waals surface area contributed by atoms with E-state index in [9.17, 15) is 4.79 Å². The van der Waals surface area contributed by atoms with Crippen LogP contribution >= 0.6 is 15.9 Å². The summed E-state index contributed by atoms with van der Waals surface area (Å²) in [5.41, 5.74) is 3.04. The second-order valence-corrected chi connectivity index (χ2v) is 4.22. The molecule has 0 heterocycles. The molecule has 1 rings (SSSR count). The summed E-state index contributed by atoms with van der Waals surface area (Å²) in [5.74, 6) is 0.126. The van der Waals surface area contributed by atoms with Gasteiger partial charge in [-0.15, -0.1) is 0 Å². The number of benzene rings is 1. The van der Waals surface area contributed by atoms with E-state index in [4.69, 9.17) is 0 Å². The van der Waals surface area contributed by atoms with Crippen molar-refractivity contribution in [2.24, 2.45) is 0 Å². The molecule has 82 valence electrons. The molecule has 0 spiro atoms. The maximum atomic E-state index is 11.7. The van der Waals surface area contributed by atoms with Gasteiger partial charge in [0.05, 0.1) is 5.33 Å². The molecule has 0 atom stereocenters. The molecular formula is C12H16BrNO. The lowest BCUT2D eigenvalue weighted by Crippen LogP contribution is -2.14. The number of aryl methyl sites for hydroxylation is 1. The van der Waals surface area contributed by atoms with Crippen molar-refractivity contribution in [3.05, 3.63) is 29.3 Å². The highest BCUT2D eigenvalue weighted by Crippen LogP contribution is 2.22. The van der Waals surface area contributed by atoms with E-state index < -0.39 is 0 Å². The van der Waals surface area contributed by atoms with E-state index >= 15 is 0 Å². The lowest BCUT2D eigenvalue weighted by Gasteiger charge is -2.17. The van der Waals surface area contributed by atoms with Crippen LogP contribution in [-0.4, -0.2) is 25.2 Å². The Labute approximate surface area is 99.4 Å². The summed E-state index contributed by atoms with van der Waals surface area (Å²) in [7, 11) is 3.92. The van der Waals surface area contributed by atoms with Gasteiger partial charge in [0.1, 0.15) is 0 Å². The number of ketones is 1. The number of nitrogens with zero attached hydrogens (tertiary/aromatic N) is 1. The Morgan fingerprint density at radius 1 is 1.40 bits per heavy atom. The number of halogens is 1. The summed E-state index contributed by atoms with van der Waals surface area (Å²) >= 11 is 3.20. The van der Waals surface area contributed by atoms with Gasteiger partial charge in [-0.3, -0.25) is 4.79 Å². The van der Waals surface area contributed by atoms with E-state index in [0.29, 0.717) is 5.33 Å². The van der Waals surface area contributed by atoms with Gasteiger partial charge in [-0.05, 0) is 24.1 Å². The van der Waals surface area contributed by atoms with Gasteiger partial charge in [-0.1, -0.05) is 28.9 Å². The Kier molecular flexibility index (Phi) is 4.33. The third-order valence-corrected chi connectivity index (χ3v) is 2.88. The summed E-state index contributed by atoms with van der Waals surface area (Å²) in [6, 6.07) is 6.01. The van der Waals surface area contributed by atoms with Crippen molar-refractivity contribution in [3.8, 4) is 0 Å². The average molecular weight is 270 g/mol. The summed E-state index contributed by atoms with van der Waals surface area (Å²) < 4.78 is 0. The van der Waals surface area contributed by atoms with Crippen molar-refractivity contribution in [2.75, 3.05) is 24.3 Å². The largest absolute Gasteiger partial charge is 0.377 e. The Hall–Kier alpha value is -0.830. The van der Waals surface area contributed by atoms with Crippen molar-refractivity contribution in [1.29, 1.82) is 0 Å². The van der Waals surface area contributed by atoms with Crippen molar-refractivity contribution in [3.63, 3.8) is 0 Å². The molecule has 0 fully saturated rings. The molecule has 0 aliphatic rings. The molecule has 0 N–H and O–H groups in total. The Morgan fingerprint density at radius 2 is 2.07 bits per heavy atom. The van der Waals surface area contributed by atoms with Crippen LogP contribution in [0.25, 0.3) is 0 Å². The number of Topliss-reactive ketones (excluding diaryl/α,β-unsaturated/α-hetero) is 1. The lowest BCUT2D eigenvalue weighted by atomic mass is 10.0. The first-order valence-electron chi connectivity index (χ1n) is 4.99. The number of carbonyl (C=O) groups is 1. The lowest BCUT2D eigenvalue weighted by molar-refractivity contribution is 0.102. The van der Waals surface area contributed by atoms with E-state index in [1.807, 2.05) is 31.1 Å². The molecule has 3 heteroatoms. The zero-order valence-electron chi connectivity index (χ0n) is 9.38. The quantitative estimate of drug-likeness (QED) is 0.619. The zero-order chi connectivity index (χ0) is 11.4. The van der Waals surface area contributed by atoms with Crippen LogP contribution in [0, 0.1) is 0 Å². The number of hydrogen-bond acceptors (Lipinski definition) is 2. The molecule has 15 heavy (non-hydrogen) atoms. The SMILES string of the molecule is CCc1ccc(C(=O)CBr)c(N(C)C)c1. The fourth-order valence-electron chi connectivity index (χ4n) is 1.47. The second kappa shape index (κ2) is 5.31. The minimum Gasteiger partial charge on any atom is -0.377 e. The minimum absolute atomic E-state index is 0.126. The monoisotopic (exact) mass is 269 g/mol. The number of carbonyl (C=O) groups excluding carboxylic acids is 1. The molecule has 0 amide bonds. The summed E-state index contributed by atoms with van der Waals surface area (Å²) in [6.45, 7) is 2.11. The number of rotatable bonds is 4. The maximum Gasteiger partial charge on any atom is 0.175 e. The second-order valence-electron chi connectivity index (χ2n) is 3.66. The molecule has 0 bridgehead atoms. The predicted molar refractivity (Wildman–Crippen MR) is 68.3 cm³/mol. The van der Waals surface area contributed by atoms with Gasteiger partial charge in [-0.2, -0.15) is 0 Å². The van der Waals surface area contributed by atoms with Crippen LogP contribution in [0.1, 0.15) is 22.8 Å². The number of alkyl halides is 1. The summed E-state index contributed by atoms with van der Waals surface area (Å²) in [4.78, 5) is 13.6. The first kappa shape index (κ1) is 12.2. The molecular weight excluding hydrogens is 254 g/mol. The maximum absolute atomic E-state index is 11.7. The van der Waals surface area contributed by atoms with Crippen LogP contribution < -0.4 is 4.90 Å². The Morgan fingerprint density at radius 3 is 2.53 bits per heavy atom. The van der Waals surface area contributed by atoms with Gasteiger partial charge in [0.15, 0.2) is 5.78 Å². The van der Waals surface area contributed by atoms with Gasteiger partial charge in [0.2, 0.25) is 0 Å². The van der Waals surface area contributed by atoms with Crippen LogP contribution in [0.2, 0.25) is 0 Å². The Bertz CT molecular complexity index is 361. The third kappa shape index (κ3) is 2.81. The first-order valence-corrected chi connectivity index (χ1v) is 6.11. The number of hydrogen-bond donors (Lipinski definition) is 0. The van der Waals surface area contributed by atoms with E-state index in [-0.39, 0.29) is 5.78 Å². The van der Waals surface area contributed by atoms with Gasteiger partial charge in [0, 0.05) is 25.3 Å². The minimum atomic E-state index is 0.126. The topological polar surface area (TPSA) is 20.3 Å². The zero-order valence-corrected chi connectivity index (χ0v) is 11.0. The fraction of sp³-hybridized carbons (Fsp3) is 0.417. The highest BCUT2D eigenvalue weighted by Gasteiger charge is 2.11. The molecule has 0 saturated carbocycles.